The van der Waals surface area contributed by atoms with Gasteiger partial charge in [-0.15, -0.1) is 0 Å². The Hall–Kier alpha value is -4.70. The average molecular weight is 544 g/mol. The Morgan fingerprint density at radius 3 is 2.02 bits per heavy atom. The van der Waals surface area contributed by atoms with Crippen LogP contribution in [-0.2, 0) is 6.18 Å². The average Bonchev–Trinajstić information content (AvgIpc) is 3.29. The van der Waals surface area contributed by atoms with Crippen LogP contribution in [0.3, 0.4) is 0 Å². The highest BCUT2D eigenvalue weighted by atomic mass is 19.4. The number of benzene rings is 5. The van der Waals surface area contributed by atoms with Gasteiger partial charge < -0.3 is 0 Å². The van der Waals surface area contributed by atoms with Crippen molar-refractivity contribution in [1.29, 1.82) is 0 Å². The summed E-state index contributed by atoms with van der Waals surface area (Å²) in [7, 11) is 0. The Kier molecular flexibility index (Phi) is 6.70. The van der Waals surface area contributed by atoms with Crippen molar-refractivity contribution in [2.75, 3.05) is 0 Å². The SMILES string of the molecule is CC1=C(c2ccccc2)/C(=C\c2cccc(C)c2-c2c(C)ccc3ccccc23)N=C1c1ccc(C(F)(F)F)cc1. The molecule has 0 unspecified atom stereocenters. The summed E-state index contributed by atoms with van der Waals surface area (Å²) in [4.78, 5) is 5.06. The number of hydrogen-bond acceptors (Lipinski definition) is 1. The first-order valence-corrected chi connectivity index (χ1v) is 13.6. The lowest BCUT2D eigenvalue weighted by Crippen LogP contribution is -2.06. The molecule has 0 atom stereocenters. The molecule has 0 saturated heterocycles. The maximum atomic E-state index is 13.2. The van der Waals surface area contributed by atoms with Crippen molar-refractivity contribution in [1.82, 2.24) is 0 Å². The third-order valence-electron chi connectivity index (χ3n) is 7.75. The topological polar surface area (TPSA) is 12.4 Å². The van der Waals surface area contributed by atoms with Gasteiger partial charge in [-0.25, -0.2) is 4.99 Å². The van der Waals surface area contributed by atoms with E-state index in [9.17, 15) is 13.2 Å². The quantitative estimate of drug-likeness (QED) is 0.214. The highest BCUT2D eigenvalue weighted by molar-refractivity contribution is 6.22. The second-order valence-electron chi connectivity index (χ2n) is 10.4. The maximum absolute atomic E-state index is 13.2. The van der Waals surface area contributed by atoms with Crippen LogP contribution in [0.2, 0.25) is 0 Å². The molecule has 4 heteroatoms. The van der Waals surface area contributed by atoms with Gasteiger partial charge in [0, 0.05) is 11.1 Å². The fourth-order valence-electron chi connectivity index (χ4n) is 5.75. The minimum Gasteiger partial charge on any atom is -0.247 e. The molecule has 0 spiro atoms. The van der Waals surface area contributed by atoms with Crippen molar-refractivity contribution in [2.24, 2.45) is 4.99 Å². The molecule has 0 N–H and O–H groups in total. The van der Waals surface area contributed by atoms with Crippen LogP contribution in [-0.4, -0.2) is 5.71 Å². The second kappa shape index (κ2) is 10.4. The van der Waals surface area contributed by atoms with E-state index in [4.69, 9.17) is 4.99 Å². The van der Waals surface area contributed by atoms with Crippen LogP contribution < -0.4 is 0 Å². The van der Waals surface area contributed by atoms with Gasteiger partial charge in [0.05, 0.1) is 17.0 Å². The van der Waals surface area contributed by atoms with Crippen LogP contribution in [0.25, 0.3) is 33.5 Å². The molecule has 202 valence electrons. The van der Waals surface area contributed by atoms with Crippen molar-refractivity contribution >= 4 is 28.1 Å². The molecule has 1 aliphatic rings. The predicted octanol–water partition coefficient (Wildman–Crippen LogP) is 10.5. The summed E-state index contributed by atoms with van der Waals surface area (Å²) in [6.07, 6.45) is -2.27. The lowest BCUT2D eigenvalue weighted by molar-refractivity contribution is -0.137. The van der Waals surface area contributed by atoms with E-state index in [1.165, 1.54) is 34.0 Å². The molecule has 0 radical (unpaired) electrons. The molecule has 0 amide bonds. The van der Waals surface area contributed by atoms with E-state index in [1.807, 2.05) is 37.3 Å². The van der Waals surface area contributed by atoms with E-state index in [0.29, 0.717) is 11.3 Å². The number of hydrogen-bond donors (Lipinski definition) is 0. The molecule has 5 aromatic rings. The van der Waals surface area contributed by atoms with Crippen molar-refractivity contribution in [3.63, 3.8) is 0 Å². The number of rotatable bonds is 4. The number of allylic oxidation sites excluding steroid dienone is 2. The molecule has 0 aliphatic carbocycles. The molecular weight excluding hydrogens is 515 g/mol. The molecule has 1 nitrogen and oxygen atoms in total. The molecule has 1 aliphatic heterocycles. The predicted molar refractivity (Wildman–Crippen MR) is 164 cm³/mol. The number of fused-ring (bicyclic) bond motifs is 1. The lowest BCUT2D eigenvalue weighted by Gasteiger charge is -2.17. The van der Waals surface area contributed by atoms with Crippen molar-refractivity contribution in [3.8, 4) is 11.1 Å². The summed E-state index contributed by atoms with van der Waals surface area (Å²) >= 11 is 0. The zero-order chi connectivity index (χ0) is 28.7. The molecule has 0 bridgehead atoms. The fraction of sp³-hybridized carbons (Fsp3) is 0.108. The standard InChI is InChI=1S/C37H28F3N/c1-23-10-9-14-29(33(23)34-24(2)16-17-26-11-7-8-15-31(26)34)22-32-35(27-12-5-4-6-13-27)25(3)36(41-32)28-18-20-30(21-19-28)37(38,39)40/h4-22H,1-3H3/b32-22+. The van der Waals surface area contributed by atoms with Gasteiger partial charge in [0.25, 0.3) is 0 Å². The van der Waals surface area contributed by atoms with Crippen molar-refractivity contribution < 1.29 is 13.2 Å². The van der Waals surface area contributed by atoms with Crippen LogP contribution in [0.1, 0.15) is 40.3 Å². The number of aliphatic imine (C=N–C) groups is 1. The van der Waals surface area contributed by atoms with E-state index in [1.54, 1.807) is 0 Å². The Bertz CT molecular complexity index is 1870. The lowest BCUT2D eigenvalue weighted by atomic mass is 9.87. The summed E-state index contributed by atoms with van der Waals surface area (Å²) in [5, 5.41) is 2.37. The summed E-state index contributed by atoms with van der Waals surface area (Å²) in [5.74, 6) is 0. The molecule has 0 saturated carbocycles. The van der Waals surface area contributed by atoms with E-state index in [-0.39, 0.29) is 0 Å². The zero-order valence-electron chi connectivity index (χ0n) is 23.1. The zero-order valence-corrected chi connectivity index (χ0v) is 23.1. The van der Waals surface area contributed by atoms with Gasteiger partial charge >= 0.3 is 6.18 Å². The number of alkyl halides is 3. The van der Waals surface area contributed by atoms with Crippen LogP contribution in [0.15, 0.2) is 125 Å². The summed E-state index contributed by atoms with van der Waals surface area (Å²) in [5.41, 5.74) is 10.1. The third-order valence-corrected chi connectivity index (χ3v) is 7.75. The van der Waals surface area contributed by atoms with Crippen LogP contribution in [0.4, 0.5) is 13.2 Å². The normalized spacial score (nSPS) is 14.7. The fourth-order valence-corrected chi connectivity index (χ4v) is 5.75. The van der Waals surface area contributed by atoms with Crippen molar-refractivity contribution in [2.45, 2.75) is 26.9 Å². The summed E-state index contributed by atoms with van der Waals surface area (Å²) in [6, 6.07) is 34.3. The Balaban J connectivity index is 1.56. The van der Waals surface area contributed by atoms with E-state index in [0.717, 1.165) is 51.2 Å². The first-order valence-electron chi connectivity index (χ1n) is 13.6. The van der Waals surface area contributed by atoms with Gasteiger partial charge in [0.2, 0.25) is 0 Å². The van der Waals surface area contributed by atoms with Gasteiger partial charge in [-0.2, -0.15) is 13.2 Å². The van der Waals surface area contributed by atoms with Crippen LogP contribution >= 0.6 is 0 Å². The smallest absolute Gasteiger partial charge is 0.247 e. The minimum absolute atomic E-state index is 0.654. The van der Waals surface area contributed by atoms with Crippen molar-refractivity contribution in [3.05, 3.63) is 154 Å². The molecule has 1 heterocycles. The first-order chi connectivity index (χ1) is 19.7. The Labute approximate surface area is 238 Å². The summed E-state index contributed by atoms with van der Waals surface area (Å²) in [6.45, 7) is 6.26. The van der Waals surface area contributed by atoms with Gasteiger partial charge in [-0.05, 0) is 88.7 Å². The first kappa shape index (κ1) is 26.5. The molecular formula is C37H28F3N. The summed E-state index contributed by atoms with van der Waals surface area (Å²) < 4.78 is 39.7. The number of halogens is 3. The second-order valence-corrected chi connectivity index (χ2v) is 10.4. The highest BCUT2D eigenvalue weighted by Crippen LogP contribution is 2.41. The molecule has 0 fully saturated rings. The van der Waals surface area contributed by atoms with E-state index < -0.39 is 11.7 Å². The van der Waals surface area contributed by atoms with Gasteiger partial charge in [-0.3, -0.25) is 0 Å². The van der Waals surface area contributed by atoms with E-state index >= 15 is 0 Å². The monoisotopic (exact) mass is 543 g/mol. The largest absolute Gasteiger partial charge is 0.416 e. The third kappa shape index (κ3) is 4.91. The van der Waals surface area contributed by atoms with Gasteiger partial charge in [0.15, 0.2) is 0 Å². The van der Waals surface area contributed by atoms with Gasteiger partial charge in [-0.1, -0.05) is 97.1 Å². The van der Waals surface area contributed by atoms with E-state index in [2.05, 4.69) is 74.5 Å². The maximum Gasteiger partial charge on any atom is 0.416 e. The highest BCUT2D eigenvalue weighted by Gasteiger charge is 2.31. The molecule has 41 heavy (non-hydrogen) atoms. The van der Waals surface area contributed by atoms with Gasteiger partial charge in [0.1, 0.15) is 0 Å². The molecule has 6 rings (SSSR count). The molecule has 0 aromatic heterocycles. The molecule has 5 aromatic carbocycles. The van der Waals surface area contributed by atoms with Crippen LogP contribution in [0.5, 0.6) is 0 Å². The minimum atomic E-state index is -4.39. The van der Waals surface area contributed by atoms with Crippen LogP contribution in [0, 0.1) is 13.8 Å². The number of aryl methyl sites for hydroxylation is 2. The number of nitrogens with zero attached hydrogens (tertiary/aromatic N) is 1. The Morgan fingerprint density at radius 2 is 1.29 bits per heavy atom. The Morgan fingerprint density at radius 1 is 0.610 bits per heavy atom.